The molecule has 1 unspecified atom stereocenters. The normalized spacial score (nSPS) is 20.8. The highest BCUT2D eigenvalue weighted by Gasteiger charge is 2.22. The van der Waals surface area contributed by atoms with Crippen LogP contribution in [0.2, 0.25) is 0 Å². The van der Waals surface area contributed by atoms with Gasteiger partial charge in [-0.1, -0.05) is 18.2 Å². The van der Waals surface area contributed by atoms with Gasteiger partial charge in [0.2, 0.25) is 0 Å². The zero-order valence-electron chi connectivity index (χ0n) is 9.99. The first-order chi connectivity index (χ1) is 8.70. The van der Waals surface area contributed by atoms with Crippen molar-refractivity contribution in [3.05, 3.63) is 39.9 Å². The Kier molecular flexibility index (Phi) is 4.24. The molecule has 18 heavy (non-hydrogen) atoms. The van der Waals surface area contributed by atoms with Crippen molar-refractivity contribution in [2.75, 3.05) is 26.3 Å². The molecule has 1 aromatic rings. The number of nitrogens with zero attached hydrogens (tertiary/aromatic N) is 2. The molecule has 1 aromatic carbocycles. The number of morpholine rings is 1. The minimum absolute atomic E-state index is 0.0205. The van der Waals surface area contributed by atoms with Gasteiger partial charge < -0.3 is 9.84 Å². The third kappa shape index (κ3) is 3.04. The number of para-hydroxylation sites is 1. The molecule has 6 heteroatoms. The van der Waals surface area contributed by atoms with Crippen LogP contribution < -0.4 is 0 Å². The van der Waals surface area contributed by atoms with Crippen molar-refractivity contribution in [2.24, 2.45) is 0 Å². The van der Waals surface area contributed by atoms with Crippen LogP contribution >= 0.6 is 0 Å². The summed E-state index contributed by atoms with van der Waals surface area (Å²) in [4.78, 5) is 12.6. The Morgan fingerprint density at radius 2 is 2.28 bits per heavy atom. The average Bonchev–Trinajstić information content (AvgIpc) is 2.39. The van der Waals surface area contributed by atoms with Gasteiger partial charge in [0, 0.05) is 31.3 Å². The van der Waals surface area contributed by atoms with Crippen molar-refractivity contribution in [1.82, 2.24) is 4.90 Å². The molecular formula is C12H16N2O4. The monoisotopic (exact) mass is 252 g/mol. The van der Waals surface area contributed by atoms with Gasteiger partial charge in [0.05, 0.1) is 24.2 Å². The van der Waals surface area contributed by atoms with Crippen LogP contribution in [0.5, 0.6) is 0 Å². The lowest BCUT2D eigenvalue weighted by atomic mass is 10.1. The van der Waals surface area contributed by atoms with Gasteiger partial charge in [-0.2, -0.15) is 0 Å². The molecule has 0 spiro atoms. The maximum Gasteiger partial charge on any atom is 0.273 e. The molecular weight excluding hydrogens is 236 g/mol. The van der Waals surface area contributed by atoms with E-state index in [9.17, 15) is 10.1 Å². The summed E-state index contributed by atoms with van der Waals surface area (Å²) in [6, 6.07) is 6.74. The summed E-state index contributed by atoms with van der Waals surface area (Å²) in [5.41, 5.74) is 0.839. The van der Waals surface area contributed by atoms with E-state index in [-0.39, 0.29) is 23.3 Å². The summed E-state index contributed by atoms with van der Waals surface area (Å²) in [6.07, 6.45) is -0.193. The van der Waals surface area contributed by atoms with Crippen LogP contribution in [-0.2, 0) is 11.3 Å². The predicted molar refractivity (Wildman–Crippen MR) is 65.2 cm³/mol. The van der Waals surface area contributed by atoms with Gasteiger partial charge in [-0.05, 0) is 0 Å². The smallest absolute Gasteiger partial charge is 0.273 e. The van der Waals surface area contributed by atoms with E-state index >= 15 is 0 Å². The minimum Gasteiger partial charge on any atom is -0.394 e. The first-order valence-corrected chi connectivity index (χ1v) is 5.88. The zero-order chi connectivity index (χ0) is 13.0. The number of hydrogen-bond donors (Lipinski definition) is 1. The number of hydrogen-bond acceptors (Lipinski definition) is 5. The Hall–Kier alpha value is -1.50. The Morgan fingerprint density at radius 1 is 1.50 bits per heavy atom. The lowest BCUT2D eigenvalue weighted by Gasteiger charge is -2.31. The van der Waals surface area contributed by atoms with E-state index in [2.05, 4.69) is 4.90 Å². The molecule has 0 radical (unpaired) electrons. The highest BCUT2D eigenvalue weighted by Crippen LogP contribution is 2.20. The van der Waals surface area contributed by atoms with Gasteiger partial charge in [-0.15, -0.1) is 0 Å². The largest absolute Gasteiger partial charge is 0.394 e. The first kappa shape index (κ1) is 12.9. The fourth-order valence-corrected chi connectivity index (χ4v) is 2.10. The molecule has 0 aliphatic carbocycles. The number of aliphatic hydroxyl groups is 1. The van der Waals surface area contributed by atoms with E-state index in [1.165, 1.54) is 6.07 Å². The summed E-state index contributed by atoms with van der Waals surface area (Å²) < 4.78 is 5.35. The van der Waals surface area contributed by atoms with Crippen molar-refractivity contribution in [2.45, 2.75) is 12.6 Å². The second-order valence-corrected chi connectivity index (χ2v) is 4.30. The molecule has 1 aliphatic heterocycles. The Morgan fingerprint density at radius 3 is 3.00 bits per heavy atom. The van der Waals surface area contributed by atoms with Crippen molar-refractivity contribution >= 4 is 5.69 Å². The standard InChI is InChI=1S/C12H16N2O4/c15-9-11-8-13(5-6-18-11)7-10-3-1-2-4-12(10)14(16)17/h1-4,11,15H,5-9H2. The Bertz CT molecular complexity index is 424. The third-order valence-corrected chi connectivity index (χ3v) is 3.01. The lowest BCUT2D eigenvalue weighted by molar-refractivity contribution is -0.385. The van der Waals surface area contributed by atoms with E-state index < -0.39 is 0 Å². The van der Waals surface area contributed by atoms with Crippen LogP contribution in [0.25, 0.3) is 0 Å². The third-order valence-electron chi connectivity index (χ3n) is 3.01. The number of benzene rings is 1. The number of rotatable bonds is 4. The maximum atomic E-state index is 10.9. The van der Waals surface area contributed by atoms with Gasteiger partial charge in [0.15, 0.2) is 0 Å². The maximum absolute atomic E-state index is 10.9. The highest BCUT2D eigenvalue weighted by atomic mass is 16.6. The van der Waals surface area contributed by atoms with Crippen molar-refractivity contribution in [1.29, 1.82) is 0 Å². The second kappa shape index (κ2) is 5.90. The van der Waals surface area contributed by atoms with Crippen LogP contribution in [0.3, 0.4) is 0 Å². The van der Waals surface area contributed by atoms with Gasteiger partial charge in [0.25, 0.3) is 5.69 Å². The molecule has 0 aromatic heterocycles. The van der Waals surface area contributed by atoms with Crippen LogP contribution in [-0.4, -0.2) is 47.3 Å². The summed E-state index contributed by atoms with van der Waals surface area (Å²) in [7, 11) is 0. The molecule has 98 valence electrons. The predicted octanol–water partition coefficient (Wildman–Crippen LogP) is 0.788. The molecule has 0 amide bonds. The summed E-state index contributed by atoms with van der Waals surface area (Å²) in [5, 5.41) is 20.0. The molecule has 2 rings (SSSR count). The Balaban J connectivity index is 2.07. The van der Waals surface area contributed by atoms with Crippen LogP contribution in [0.4, 0.5) is 5.69 Å². The molecule has 1 heterocycles. The lowest BCUT2D eigenvalue weighted by Crippen LogP contribution is -2.43. The van der Waals surface area contributed by atoms with Crippen molar-refractivity contribution in [3.8, 4) is 0 Å². The quantitative estimate of drug-likeness (QED) is 0.633. The summed E-state index contributed by atoms with van der Waals surface area (Å²) in [6.45, 7) is 2.36. The van der Waals surface area contributed by atoms with E-state index in [1.807, 2.05) is 0 Å². The molecule has 6 nitrogen and oxygen atoms in total. The molecule has 1 atom stereocenters. The number of ether oxygens (including phenoxy) is 1. The van der Waals surface area contributed by atoms with Gasteiger partial charge >= 0.3 is 0 Å². The van der Waals surface area contributed by atoms with E-state index in [1.54, 1.807) is 18.2 Å². The second-order valence-electron chi connectivity index (χ2n) is 4.30. The first-order valence-electron chi connectivity index (χ1n) is 5.88. The number of aliphatic hydroxyl groups excluding tert-OH is 1. The average molecular weight is 252 g/mol. The van der Waals surface area contributed by atoms with Crippen LogP contribution in [0, 0.1) is 10.1 Å². The number of nitro benzene ring substituents is 1. The van der Waals surface area contributed by atoms with E-state index in [0.29, 0.717) is 25.3 Å². The van der Waals surface area contributed by atoms with Crippen molar-refractivity contribution < 1.29 is 14.8 Å². The fraction of sp³-hybridized carbons (Fsp3) is 0.500. The molecule has 1 fully saturated rings. The summed E-state index contributed by atoms with van der Waals surface area (Å²) >= 11 is 0. The highest BCUT2D eigenvalue weighted by molar-refractivity contribution is 5.39. The molecule has 0 saturated carbocycles. The molecule has 1 N–H and O–H groups in total. The van der Waals surface area contributed by atoms with E-state index in [4.69, 9.17) is 9.84 Å². The van der Waals surface area contributed by atoms with Crippen LogP contribution in [0.1, 0.15) is 5.56 Å². The summed E-state index contributed by atoms with van der Waals surface area (Å²) in [5.74, 6) is 0. The zero-order valence-corrected chi connectivity index (χ0v) is 9.99. The van der Waals surface area contributed by atoms with E-state index in [0.717, 1.165) is 6.54 Å². The van der Waals surface area contributed by atoms with Crippen molar-refractivity contribution in [3.63, 3.8) is 0 Å². The fourth-order valence-electron chi connectivity index (χ4n) is 2.10. The van der Waals surface area contributed by atoms with Crippen LogP contribution in [0.15, 0.2) is 24.3 Å². The Labute approximate surface area is 105 Å². The number of nitro groups is 1. The van der Waals surface area contributed by atoms with Gasteiger partial charge in [-0.25, -0.2) is 0 Å². The van der Waals surface area contributed by atoms with Gasteiger partial charge in [0.1, 0.15) is 0 Å². The topological polar surface area (TPSA) is 75.8 Å². The minimum atomic E-state index is -0.362. The molecule has 0 bridgehead atoms. The SMILES string of the molecule is O=[N+]([O-])c1ccccc1CN1CCOC(CO)C1. The molecule has 1 saturated heterocycles. The molecule has 1 aliphatic rings. The van der Waals surface area contributed by atoms with Gasteiger partial charge in [-0.3, -0.25) is 15.0 Å².